The Morgan fingerprint density at radius 3 is 1.87 bits per heavy atom. The van der Waals surface area contributed by atoms with Crippen LogP contribution in [0.1, 0.15) is 47.6 Å². The Bertz CT molecular complexity index is 1440. The molecule has 1 aliphatic rings. The van der Waals surface area contributed by atoms with E-state index in [2.05, 4.69) is 11.3 Å². The number of fused-ring (bicyclic) bond motifs is 3. The molecular formula is C28H20F10O. The first-order chi connectivity index (χ1) is 18.2. The minimum atomic E-state index is -5.46. The minimum Gasteiger partial charge on any atom is -0.426 e. The summed E-state index contributed by atoms with van der Waals surface area (Å²) in [6.07, 6.45) is -3.02. The molecule has 3 aromatic carbocycles. The maximum atomic E-state index is 15.3. The van der Waals surface area contributed by atoms with Crippen LogP contribution in [0.2, 0.25) is 0 Å². The normalized spacial score (nSPS) is 15.5. The van der Waals surface area contributed by atoms with Crippen molar-refractivity contribution in [2.75, 3.05) is 0 Å². The average molecular weight is 562 g/mol. The summed E-state index contributed by atoms with van der Waals surface area (Å²) in [6, 6.07) is 4.31. The summed E-state index contributed by atoms with van der Waals surface area (Å²) in [5, 5.41) is 0. The van der Waals surface area contributed by atoms with Gasteiger partial charge in [-0.15, -0.1) is 6.58 Å². The second-order valence-corrected chi connectivity index (χ2v) is 9.01. The second-order valence-electron chi connectivity index (χ2n) is 9.01. The quantitative estimate of drug-likeness (QED) is 0.196. The SMILES string of the molecule is C=CCCc1ccc(OC(F)(F)c2ccc3c(c2F)C(F)(F)C(F)(F)c2c-3ccc(CCC)c2F)c(F)c1F. The molecule has 3 aromatic rings. The van der Waals surface area contributed by atoms with E-state index in [0.29, 0.717) is 18.6 Å². The average Bonchev–Trinajstić information content (AvgIpc) is 2.86. The molecule has 0 amide bonds. The summed E-state index contributed by atoms with van der Waals surface area (Å²) in [4.78, 5) is 0. The Labute approximate surface area is 216 Å². The molecule has 0 saturated carbocycles. The molecule has 0 aromatic heterocycles. The molecule has 0 fully saturated rings. The van der Waals surface area contributed by atoms with Gasteiger partial charge in [0.05, 0.1) is 11.1 Å². The second kappa shape index (κ2) is 9.91. The lowest BCUT2D eigenvalue weighted by atomic mass is 9.78. The van der Waals surface area contributed by atoms with Crippen molar-refractivity contribution >= 4 is 0 Å². The van der Waals surface area contributed by atoms with Crippen LogP contribution in [-0.2, 0) is 30.8 Å². The molecule has 0 bridgehead atoms. The number of aryl methyl sites for hydroxylation is 2. The predicted octanol–water partition coefficient (Wildman–Crippen LogP) is 9.31. The van der Waals surface area contributed by atoms with Crippen molar-refractivity contribution in [2.24, 2.45) is 0 Å². The zero-order valence-electron chi connectivity index (χ0n) is 20.3. The maximum Gasteiger partial charge on any atom is 0.429 e. The van der Waals surface area contributed by atoms with Crippen molar-refractivity contribution in [3.63, 3.8) is 0 Å². The molecule has 4 rings (SSSR count). The van der Waals surface area contributed by atoms with Gasteiger partial charge in [0.1, 0.15) is 17.2 Å². The fourth-order valence-electron chi connectivity index (χ4n) is 4.55. The number of hydrogen-bond acceptors (Lipinski definition) is 1. The lowest BCUT2D eigenvalue weighted by Gasteiger charge is -2.36. The van der Waals surface area contributed by atoms with Crippen LogP contribution in [0.4, 0.5) is 43.9 Å². The van der Waals surface area contributed by atoms with Crippen molar-refractivity contribution in [2.45, 2.75) is 50.6 Å². The highest BCUT2D eigenvalue weighted by molar-refractivity contribution is 5.77. The Morgan fingerprint density at radius 1 is 0.744 bits per heavy atom. The molecule has 0 heterocycles. The zero-order chi connectivity index (χ0) is 28.9. The van der Waals surface area contributed by atoms with Gasteiger partial charge < -0.3 is 4.74 Å². The summed E-state index contributed by atoms with van der Waals surface area (Å²) in [5.41, 5.74) is -7.89. The summed E-state index contributed by atoms with van der Waals surface area (Å²) in [5.74, 6) is -19.6. The van der Waals surface area contributed by atoms with Crippen LogP contribution < -0.4 is 4.74 Å². The first kappa shape index (κ1) is 28.5. The van der Waals surface area contributed by atoms with Gasteiger partial charge in [-0.1, -0.05) is 43.7 Å². The molecule has 0 radical (unpaired) electrons. The molecule has 0 unspecified atom stereocenters. The maximum absolute atomic E-state index is 15.3. The Balaban J connectivity index is 1.84. The van der Waals surface area contributed by atoms with Gasteiger partial charge >= 0.3 is 18.0 Å². The van der Waals surface area contributed by atoms with E-state index in [0.717, 1.165) is 18.2 Å². The van der Waals surface area contributed by atoms with E-state index in [-0.39, 0.29) is 36.5 Å². The van der Waals surface area contributed by atoms with Gasteiger partial charge in [0.25, 0.3) is 0 Å². The van der Waals surface area contributed by atoms with Gasteiger partial charge in [-0.2, -0.15) is 30.7 Å². The van der Waals surface area contributed by atoms with Crippen LogP contribution in [0.5, 0.6) is 5.75 Å². The molecule has 1 nitrogen and oxygen atoms in total. The lowest BCUT2D eigenvalue weighted by molar-refractivity contribution is -0.228. The van der Waals surface area contributed by atoms with E-state index in [1.807, 2.05) is 0 Å². The minimum absolute atomic E-state index is 0.0202. The third-order valence-electron chi connectivity index (χ3n) is 6.49. The summed E-state index contributed by atoms with van der Waals surface area (Å²) in [7, 11) is 0. The smallest absolute Gasteiger partial charge is 0.426 e. The monoisotopic (exact) mass is 562 g/mol. The molecule has 11 heteroatoms. The molecular weight excluding hydrogens is 542 g/mol. The van der Waals surface area contributed by atoms with E-state index >= 15 is 22.0 Å². The van der Waals surface area contributed by atoms with Crippen molar-refractivity contribution in [1.82, 2.24) is 0 Å². The van der Waals surface area contributed by atoms with E-state index in [9.17, 15) is 22.0 Å². The third kappa shape index (κ3) is 4.45. The molecule has 39 heavy (non-hydrogen) atoms. The van der Waals surface area contributed by atoms with Gasteiger partial charge in [0, 0.05) is 0 Å². The molecule has 0 spiro atoms. The van der Waals surface area contributed by atoms with Gasteiger partial charge in [-0.05, 0) is 53.6 Å². The molecule has 0 saturated heterocycles. The Kier molecular flexibility index (Phi) is 7.24. The molecule has 208 valence electrons. The molecule has 0 atom stereocenters. The van der Waals surface area contributed by atoms with Gasteiger partial charge in [0.2, 0.25) is 5.82 Å². The number of benzene rings is 3. The van der Waals surface area contributed by atoms with Crippen LogP contribution in [-0.4, -0.2) is 0 Å². The van der Waals surface area contributed by atoms with Gasteiger partial charge in [-0.25, -0.2) is 13.2 Å². The van der Waals surface area contributed by atoms with E-state index in [4.69, 9.17) is 0 Å². The standard InChI is InChI=1S/C28H20F10O/c1-3-5-7-15-9-13-19(25(32)23(15)30)39-28(37,38)18-12-11-17-16-10-8-14(6-4-2)22(29)20(16)26(33,34)27(35,36)21(17)24(18)31/h3,8-13H,1,4-7H2,2H3. The van der Waals surface area contributed by atoms with E-state index in [1.54, 1.807) is 6.92 Å². The Hall–Kier alpha value is -3.50. The first-order valence-corrected chi connectivity index (χ1v) is 11.8. The number of hydrogen-bond donors (Lipinski definition) is 0. The fourth-order valence-corrected chi connectivity index (χ4v) is 4.55. The molecule has 1 aliphatic carbocycles. The van der Waals surface area contributed by atoms with E-state index in [1.165, 1.54) is 6.08 Å². The highest BCUT2D eigenvalue weighted by Crippen LogP contribution is 2.60. The largest absolute Gasteiger partial charge is 0.429 e. The number of allylic oxidation sites excluding steroid dienone is 1. The lowest BCUT2D eigenvalue weighted by Crippen LogP contribution is -2.42. The van der Waals surface area contributed by atoms with Crippen LogP contribution >= 0.6 is 0 Å². The van der Waals surface area contributed by atoms with Crippen molar-refractivity contribution in [1.29, 1.82) is 0 Å². The predicted molar refractivity (Wildman–Crippen MR) is 123 cm³/mol. The highest BCUT2D eigenvalue weighted by atomic mass is 19.3. The van der Waals surface area contributed by atoms with Crippen LogP contribution in [0.25, 0.3) is 11.1 Å². The topological polar surface area (TPSA) is 9.23 Å². The number of rotatable bonds is 8. The first-order valence-electron chi connectivity index (χ1n) is 11.8. The van der Waals surface area contributed by atoms with Crippen LogP contribution in [0, 0.1) is 23.3 Å². The zero-order valence-corrected chi connectivity index (χ0v) is 20.3. The van der Waals surface area contributed by atoms with Crippen molar-refractivity contribution in [3.8, 4) is 16.9 Å². The Morgan fingerprint density at radius 2 is 1.28 bits per heavy atom. The summed E-state index contributed by atoms with van der Waals surface area (Å²) >= 11 is 0. The fraction of sp³-hybridized carbons (Fsp3) is 0.286. The number of ether oxygens (including phenoxy) is 1. The summed E-state index contributed by atoms with van der Waals surface area (Å²) in [6.45, 7) is 5.03. The number of alkyl halides is 6. The van der Waals surface area contributed by atoms with Crippen molar-refractivity contribution in [3.05, 3.63) is 100 Å². The number of halogens is 10. The highest BCUT2D eigenvalue weighted by Gasteiger charge is 2.66. The van der Waals surface area contributed by atoms with E-state index < -0.39 is 74.8 Å². The molecule has 0 aliphatic heterocycles. The van der Waals surface area contributed by atoms with Crippen molar-refractivity contribution < 1.29 is 48.6 Å². The van der Waals surface area contributed by atoms with Crippen LogP contribution in [0.15, 0.2) is 49.1 Å². The third-order valence-corrected chi connectivity index (χ3v) is 6.49. The molecule has 0 N–H and O–H groups in total. The van der Waals surface area contributed by atoms with Crippen LogP contribution in [0.3, 0.4) is 0 Å². The summed E-state index contributed by atoms with van der Waals surface area (Å²) < 4.78 is 153. The van der Waals surface area contributed by atoms with Gasteiger partial charge in [0.15, 0.2) is 11.6 Å². The van der Waals surface area contributed by atoms with Gasteiger partial charge in [-0.3, -0.25) is 0 Å².